The number of carboxylic acids is 1. The number of carbonyl (C=O) groups is 1. The van der Waals surface area contributed by atoms with Crippen molar-refractivity contribution in [1.29, 1.82) is 0 Å². The van der Waals surface area contributed by atoms with Crippen LogP contribution in [0.2, 0.25) is 0 Å². The molecule has 6 heteroatoms. The Bertz CT molecular complexity index is 678. The minimum Gasteiger partial charge on any atom is -0.477 e. The zero-order valence-corrected chi connectivity index (χ0v) is 12.2. The predicted octanol–water partition coefficient (Wildman–Crippen LogP) is 2.90. The third-order valence-corrected chi connectivity index (χ3v) is 4.00. The smallest absolute Gasteiger partial charge is 0.353 e. The molecule has 2 heterocycles. The van der Waals surface area contributed by atoms with Crippen LogP contribution in [-0.2, 0) is 6.54 Å². The minimum atomic E-state index is -1.08. The van der Waals surface area contributed by atoms with Gasteiger partial charge in [0.05, 0.1) is 5.69 Å². The summed E-state index contributed by atoms with van der Waals surface area (Å²) >= 11 is 0. The summed E-state index contributed by atoms with van der Waals surface area (Å²) in [7, 11) is 0. The average Bonchev–Trinajstić information content (AvgIpc) is 3.00. The molecular weight excluding hydrogens is 285 g/mol. The van der Waals surface area contributed by atoms with E-state index in [-0.39, 0.29) is 11.5 Å². The molecule has 0 aliphatic carbocycles. The van der Waals surface area contributed by atoms with E-state index in [9.17, 15) is 9.18 Å². The van der Waals surface area contributed by atoms with E-state index in [1.807, 2.05) is 0 Å². The van der Waals surface area contributed by atoms with Crippen molar-refractivity contribution in [2.45, 2.75) is 25.8 Å². The molecule has 1 fully saturated rings. The molecule has 0 amide bonds. The van der Waals surface area contributed by atoms with Crippen LogP contribution >= 0.6 is 0 Å². The number of carboxylic acid groups (broad SMARTS) is 1. The fraction of sp³-hybridized carbons (Fsp3) is 0.375. The highest BCUT2D eigenvalue weighted by Crippen LogP contribution is 2.22. The SMILES string of the molecule is O=C(O)c1cc(-c2ccc(CN3CCCCC3)c(F)c2)n[nH]1. The molecular formula is C16H18FN3O2. The van der Waals surface area contributed by atoms with Gasteiger partial charge in [0.1, 0.15) is 11.5 Å². The van der Waals surface area contributed by atoms with Crippen molar-refractivity contribution in [3.63, 3.8) is 0 Å². The van der Waals surface area contributed by atoms with Crippen LogP contribution < -0.4 is 0 Å². The van der Waals surface area contributed by atoms with E-state index in [4.69, 9.17) is 5.11 Å². The first-order valence-electron chi connectivity index (χ1n) is 7.43. The molecule has 1 aliphatic rings. The van der Waals surface area contributed by atoms with Gasteiger partial charge in [0.15, 0.2) is 0 Å². The molecule has 116 valence electrons. The standard InChI is InChI=1S/C16H18FN3O2/c17-13-8-11(14-9-15(16(21)22)19-18-14)4-5-12(13)10-20-6-2-1-3-7-20/h4-5,8-9H,1-3,6-7,10H2,(H,18,19)(H,21,22). The molecule has 1 aromatic carbocycles. The number of piperidine rings is 1. The summed E-state index contributed by atoms with van der Waals surface area (Å²) in [4.78, 5) is 13.1. The van der Waals surface area contributed by atoms with Crippen molar-refractivity contribution in [3.8, 4) is 11.3 Å². The molecule has 2 aromatic rings. The van der Waals surface area contributed by atoms with Crippen LogP contribution in [0.1, 0.15) is 35.3 Å². The van der Waals surface area contributed by atoms with E-state index in [1.54, 1.807) is 12.1 Å². The number of aromatic nitrogens is 2. The first-order valence-corrected chi connectivity index (χ1v) is 7.43. The number of likely N-dealkylation sites (tertiary alicyclic amines) is 1. The normalized spacial score (nSPS) is 15.9. The summed E-state index contributed by atoms with van der Waals surface area (Å²) in [5.74, 6) is -1.36. The van der Waals surface area contributed by atoms with Gasteiger partial charge in [-0.15, -0.1) is 0 Å². The number of aromatic carboxylic acids is 1. The van der Waals surface area contributed by atoms with Gasteiger partial charge in [0.2, 0.25) is 0 Å². The second-order valence-electron chi connectivity index (χ2n) is 5.62. The summed E-state index contributed by atoms with van der Waals surface area (Å²) in [6, 6.07) is 6.36. The van der Waals surface area contributed by atoms with E-state index in [1.165, 1.54) is 31.4 Å². The Kier molecular flexibility index (Phi) is 4.20. The number of hydrogen-bond donors (Lipinski definition) is 2. The van der Waals surface area contributed by atoms with Gasteiger partial charge in [-0.25, -0.2) is 9.18 Å². The number of H-pyrrole nitrogens is 1. The second kappa shape index (κ2) is 6.27. The minimum absolute atomic E-state index is 0.00667. The van der Waals surface area contributed by atoms with Crippen LogP contribution in [0.25, 0.3) is 11.3 Å². The van der Waals surface area contributed by atoms with Crippen LogP contribution in [0, 0.1) is 5.82 Å². The molecule has 5 nitrogen and oxygen atoms in total. The van der Waals surface area contributed by atoms with Crippen molar-refractivity contribution >= 4 is 5.97 Å². The van der Waals surface area contributed by atoms with Crippen LogP contribution in [0.3, 0.4) is 0 Å². The molecule has 0 saturated carbocycles. The number of hydrogen-bond acceptors (Lipinski definition) is 3. The highest BCUT2D eigenvalue weighted by Gasteiger charge is 2.15. The Hall–Kier alpha value is -2.21. The molecule has 0 unspecified atom stereocenters. The van der Waals surface area contributed by atoms with Gasteiger partial charge in [0, 0.05) is 17.7 Å². The maximum Gasteiger partial charge on any atom is 0.353 e. The molecule has 0 spiro atoms. The Morgan fingerprint density at radius 1 is 1.27 bits per heavy atom. The largest absolute Gasteiger partial charge is 0.477 e. The Morgan fingerprint density at radius 2 is 2.05 bits per heavy atom. The van der Waals surface area contributed by atoms with Crippen molar-refractivity contribution < 1.29 is 14.3 Å². The Morgan fingerprint density at radius 3 is 2.68 bits per heavy atom. The lowest BCUT2D eigenvalue weighted by Crippen LogP contribution is -2.29. The average molecular weight is 303 g/mol. The van der Waals surface area contributed by atoms with Gasteiger partial charge >= 0.3 is 5.97 Å². The molecule has 3 rings (SSSR count). The highest BCUT2D eigenvalue weighted by molar-refractivity contribution is 5.86. The summed E-state index contributed by atoms with van der Waals surface area (Å²) < 4.78 is 14.3. The van der Waals surface area contributed by atoms with Crippen molar-refractivity contribution in [1.82, 2.24) is 15.1 Å². The van der Waals surface area contributed by atoms with Gasteiger partial charge in [-0.3, -0.25) is 10.00 Å². The predicted molar refractivity (Wildman–Crippen MR) is 80.1 cm³/mol. The van der Waals surface area contributed by atoms with Gasteiger partial charge < -0.3 is 5.11 Å². The molecule has 1 saturated heterocycles. The number of aromatic amines is 1. The third-order valence-electron chi connectivity index (χ3n) is 4.00. The Labute approximate surface area is 127 Å². The zero-order valence-electron chi connectivity index (χ0n) is 12.2. The number of halogens is 1. The van der Waals surface area contributed by atoms with Crippen LogP contribution in [-0.4, -0.2) is 39.3 Å². The monoisotopic (exact) mass is 303 g/mol. The summed E-state index contributed by atoms with van der Waals surface area (Å²) in [5.41, 5.74) is 1.66. The molecule has 2 N–H and O–H groups in total. The highest BCUT2D eigenvalue weighted by atomic mass is 19.1. The molecule has 0 atom stereocenters. The number of nitrogens with zero attached hydrogens (tertiary/aromatic N) is 2. The van der Waals surface area contributed by atoms with E-state index < -0.39 is 5.97 Å². The summed E-state index contributed by atoms with van der Waals surface area (Å²) in [6.45, 7) is 2.65. The summed E-state index contributed by atoms with van der Waals surface area (Å²) in [5, 5.41) is 15.2. The first kappa shape index (κ1) is 14.7. The summed E-state index contributed by atoms with van der Waals surface area (Å²) in [6.07, 6.45) is 3.60. The van der Waals surface area contributed by atoms with E-state index in [0.29, 0.717) is 23.4 Å². The van der Waals surface area contributed by atoms with E-state index >= 15 is 0 Å². The number of nitrogens with one attached hydrogen (secondary N) is 1. The molecule has 22 heavy (non-hydrogen) atoms. The fourth-order valence-electron chi connectivity index (χ4n) is 2.77. The third kappa shape index (κ3) is 3.17. The van der Waals surface area contributed by atoms with Gasteiger partial charge in [-0.1, -0.05) is 18.6 Å². The maximum atomic E-state index is 14.3. The quantitative estimate of drug-likeness (QED) is 0.911. The zero-order chi connectivity index (χ0) is 15.5. The van der Waals surface area contributed by atoms with Crippen LogP contribution in [0.4, 0.5) is 4.39 Å². The topological polar surface area (TPSA) is 69.2 Å². The lowest BCUT2D eigenvalue weighted by Gasteiger charge is -2.26. The molecule has 1 aromatic heterocycles. The van der Waals surface area contributed by atoms with E-state index in [0.717, 1.165) is 13.1 Å². The fourth-order valence-corrected chi connectivity index (χ4v) is 2.77. The van der Waals surface area contributed by atoms with Gasteiger partial charge in [-0.05, 0) is 38.1 Å². The second-order valence-corrected chi connectivity index (χ2v) is 5.62. The van der Waals surface area contributed by atoms with Crippen LogP contribution in [0.5, 0.6) is 0 Å². The van der Waals surface area contributed by atoms with Crippen molar-refractivity contribution in [2.75, 3.05) is 13.1 Å². The number of rotatable bonds is 4. The molecule has 0 radical (unpaired) electrons. The molecule has 1 aliphatic heterocycles. The van der Waals surface area contributed by atoms with E-state index in [2.05, 4.69) is 15.1 Å². The maximum absolute atomic E-state index is 14.3. The van der Waals surface area contributed by atoms with Crippen molar-refractivity contribution in [3.05, 3.63) is 41.3 Å². The molecule has 0 bridgehead atoms. The lowest BCUT2D eigenvalue weighted by molar-refractivity contribution is 0.0690. The lowest BCUT2D eigenvalue weighted by atomic mass is 10.1. The first-order chi connectivity index (χ1) is 10.6. The van der Waals surface area contributed by atoms with Gasteiger partial charge in [0.25, 0.3) is 0 Å². The van der Waals surface area contributed by atoms with Crippen LogP contribution in [0.15, 0.2) is 24.3 Å². The Balaban J connectivity index is 1.77. The van der Waals surface area contributed by atoms with Gasteiger partial charge in [-0.2, -0.15) is 5.10 Å². The van der Waals surface area contributed by atoms with Crippen molar-refractivity contribution in [2.24, 2.45) is 0 Å². The number of benzene rings is 1.